The van der Waals surface area contributed by atoms with E-state index in [4.69, 9.17) is 9.15 Å². The van der Waals surface area contributed by atoms with Gasteiger partial charge in [0.15, 0.2) is 0 Å². The van der Waals surface area contributed by atoms with Crippen LogP contribution < -0.4 is 9.64 Å². The van der Waals surface area contributed by atoms with Gasteiger partial charge in [0.2, 0.25) is 15.9 Å². The van der Waals surface area contributed by atoms with Gasteiger partial charge in [-0.25, -0.2) is 8.42 Å². The van der Waals surface area contributed by atoms with Crippen LogP contribution in [0.1, 0.15) is 18.4 Å². The van der Waals surface area contributed by atoms with Gasteiger partial charge in [0.25, 0.3) is 0 Å². The lowest BCUT2D eigenvalue weighted by molar-refractivity contribution is 0.368. The summed E-state index contributed by atoms with van der Waals surface area (Å²) >= 11 is 0. The van der Waals surface area contributed by atoms with E-state index in [0.717, 1.165) is 0 Å². The van der Waals surface area contributed by atoms with Crippen LogP contribution in [0.4, 0.5) is 6.01 Å². The van der Waals surface area contributed by atoms with Crippen LogP contribution in [0.25, 0.3) is 0 Å². The van der Waals surface area contributed by atoms with Gasteiger partial charge in [-0.2, -0.15) is 4.31 Å². The second-order valence-electron chi connectivity index (χ2n) is 5.85. The number of anilines is 1. The van der Waals surface area contributed by atoms with E-state index in [0.29, 0.717) is 60.7 Å². The molecule has 0 radical (unpaired) electrons. The predicted octanol–water partition coefficient (Wildman–Crippen LogP) is 1.46. The molecular weight excluding hydrogens is 344 g/mol. The van der Waals surface area contributed by atoms with Crippen LogP contribution in [-0.2, 0) is 16.4 Å². The molecule has 1 saturated heterocycles. The Bertz CT molecular complexity index is 842. The molecule has 0 unspecified atom stereocenters. The molecule has 136 valence electrons. The number of rotatable bonds is 5. The van der Waals surface area contributed by atoms with Crippen molar-refractivity contribution in [3.05, 3.63) is 29.7 Å². The minimum Gasteiger partial charge on any atom is -0.497 e. The van der Waals surface area contributed by atoms with Crippen molar-refractivity contribution < 1.29 is 17.6 Å². The first kappa shape index (κ1) is 17.7. The second kappa shape index (κ2) is 7.01. The summed E-state index contributed by atoms with van der Waals surface area (Å²) in [7, 11) is -1.98. The normalized spacial score (nSPS) is 16.2. The Labute approximate surface area is 147 Å². The van der Waals surface area contributed by atoms with E-state index >= 15 is 0 Å². The average molecular weight is 366 g/mol. The number of hydrogen-bond acceptors (Lipinski definition) is 7. The van der Waals surface area contributed by atoms with Crippen molar-refractivity contribution in [2.24, 2.45) is 0 Å². The lowest BCUT2D eigenvalue weighted by Crippen LogP contribution is -2.48. The Balaban J connectivity index is 1.73. The topological polar surface area (TPSA) is 88.8 Å². The van der Waals surface area contributed by atoms with E-state index in [9.17, 15) is 8.42 Å². The molecule has 25 heavy (non-hydrogen) atoms. The van der Waals surface area contributed by atoms with Crippen molar-refractivity contribution in [2.45, 2.75) is 25.2 Å². The number of aromatic nitrogens is 2. The van der Waals surface area contributed by atoms with E-state index in [1.54, 1.807) is 32.2 Å². The van der Waals surface area contributed by atoms with Crippen molar-refractivity contribution in [1.82, 2.24) is 14.5 Å². The highest BCUT2D eigenvalue weighted by molar-refractivity contribution is 7.89. The zero-order chi connectivity index (χ0) is 18.0. The van der Waals surface area contributed by atoms with Crippen LogP contribution in [0.15, 0.2) is 27.5 Å². The highest BCUT2D eigenvalue weighted by Crippen LogP contribution is 2.25. The minimum atomic E-state index is -3.54. The molecule has 0 saturated carbocycles. The Morgan fingerprint density at radius 2 is 1.92 bits per heavy atom. The molecular formula is C16H22N4O4S. The molecule has 8 nitrogen and oxygen atoms in total. The molecule has 2 heterocycles. The Kier molecular flexibility index (Phi) is 4.96. The molecule has 0 N–H and O–H groups in total. The van der Waals surface area contributed by atoms with E-state index < -0.39 is 10.0 Å². The van der Waals surface area contributed by atoms with Gasteiger partial charge >= 0.3 is 6.01 Å². The summed E-state index contributed by atoms with van der Waals surface area (Å²) in [4.78, 5) is 2.23. The number of piperazine rings is 1. The summed E-state index contributed by atoms with van der Waals surface area (Å²) in [6, 6.07) is 5.45. The first-order chi connectivity index (χ1) is 12.0. The first-order valence-electron chi connectivity index (χ1n) is 8.18. The maximum absolute atomic E-state index is 12.9. The summed E-state index contributed by atoms with van der Waals surface area (Å²) in [6.45, 7) is 5.49. The fourth-order valence-corrected chi connectivity index (χ4v) is 4.44. The van der Waals surface area contributed by atoms with Crippen LogP contribution >= 0.6 is 0 Å². The number of ether oxygens (including phenoxy) is 1. The minimum absolute atomic E-state index is 0.313. The maximum atomic E-state index is 12.9. The summed E-state index contributed by atoms with van der Waals surface area (Å²) in [6.07, 6.45) is 0.679. The third-order valence-corrected chi connectivity index (χ3v) is 6.33. The molecule has 0 spiro atoms. The highest BCUT2D eigenvalue weighted by Gasteiger charge is 2.31. The van der Waals surface area contributed by atoms with Crippen molar-refractivity contribution in [2.75, 3.05) is 38.2 Å². The van der Waals surface area contributed by atoms with E-state index in [2.05, 4.69) is 10.2 Å². The second-order valence-corrected chi connectivity index (χ2v) is 7.76. The van der Waals surface area contributed by atoms with Gasteiger partial charge in [-0.05, 0) is 30.7 Å². The lowest BCUT2D eigenvalue weighted by atomic mass is 10.2. The van der Waals surface area contributed by atoms with Crippen LogP contribution in [-0.4, -0.2) is 56.2 Å². The van der Waals surface area contributed by atoms with E-state index in [-0.39, 0.29) is 0 Å². The van der Waals surface area contributed by atoms with Crippen molar-refractivity contribution in [3.63, 3.8) is 0 Å². The first-order valence-corrected chi connectivity index (χ1v) is 9.62. The van der Waals surface area contributed by atoms with Crippen molar-refractivity contribution in [3.8, 4) is 5.75 Å². The van der Waals surface area contributed by atoms with Crippen LogP contribution in [0, 0.1) is 6.92 Å². The van der Waals surface area contributed by atoms with Gasteiger partial charge in [0, 0.05) is 32.6 Å². The SMILES string of the molecule is CCc1nnc(N2CCN(S(=O)(=O)c3ccc(OC)cc3C)CC2)o1. The fraction of sp³-hybridized carbons (Fsp3) is 0.500. The summed E-state index contributed by atoms with van der Waals surface area (Å²) in [5.74, 6) is 1.23. The van der Waals surface area contributed by atoms with Crippen LogP contribution in [0.3, 0.4) is 0 Å². The number of hydrogen-bond donors (Lipinski definition) is 0. The molecule has 0 aliphatic carbocycles. The molecule has 1 aliphatic rings. The Morgan fingerprint density at radius 1 is 1.20 bits per heavy atom. The average Bonchev–Trinajstić information content (AvgIpc) is 3.10. The monoisotopic (exact) mass is 366 g/mol. The van der Waals surface area contributed by atoms with Crippen LogP contribution in [0.2, 0.25) is 0 Å². The zero-order valence-electron chi connectivity index (χ0n) is 14.6. The van der Waals surface area contributed by atoms with Crippen molar-refractivity contribution in [1.29, 1.82) is 0 Å². The molecule has 9 heteroatoms. The standard InChI is InChI=1S/C16H22N4O4S/c1-4-15-17-18-16(24-15)19-7-9-20(10-8-19)25(21,22)14-6-5-13(23-3)11-12(14)2/h5-6,11H,4,7-10H2,1-3H3. The molecule has 3 rings (SSSR count). The number of nitrogens with zero attached hydrogens (tertiary/aromatic N) is 4. The lowest BCUT2D eigenvalue weighted by Gasteiger charge is -2.33. The molecule has 0 bridgehead atoms. The highest BCUT2D eigenvalue weighted by atomic mass is 32.2. The van der Waals surface area contributed by atoms with Gasteiger partial charge in [0.05, 0.1) is 12.0 Å². The molecule has 1 fully saturated rings. The van der Waals surface area contributed by atoms with Crippen LogP contribution in [0.5, 0.6) is 5.75 Å². The third kappa shape index (κ3) is 3.47. The molecule has 1 aromatic heterocycles. The maximum Gasteiger partial charge on any atom is 0.318 e. The molecule has 1 aliphatic heterocycles. The molecule has 0 atom stereocenters. The van der Waals surface area contributed by atoms with Gasteiger partial charge < -0.3 is 14.1 Å². The Hall–Kier alpha value is -2.13. The number of sulfonamides is 1. The van der Waals surface area contributed by atoms with Gasteiger partial charge in [-0.3, -0.25) is 0 Å². The number of methoxy groups -OCH3 is 1. The Morgan fingerprint density at radius 3 is 2.48 bits per heavy atom. The van der Waals surface area contributed by atoms with E-state index in [1.165, 1.54) is 4.31 Å². The number of benzene rings is 1. The smallest absolute Gasteiger partial charge is 0.318 e. The van der Waals surface area contributed by atoms with E-state index in [1.807, 2.05) is 11.8 Å². The third-order valence-electron chi connectivity index (χ3n) is 4.27. The molecule has 0 amide bonds. The molecule has 2 aromatic rings. The predicted molar refractivity (Wildman–Crippen MR) is 92.4 cm³/mol. The zero-order valence-corrected chi connectivity index (χ0v) is 15.4. The largest absolute Gasteiger partial charge is 0.497 e. The van der Waals surface area contributed by atoms with Gasteiger partial charge in [-0.15, -0.1) is 5.10 Å². The summed E-state index contributed by atoms with van der Waals surface area (Å²) in [5, 5.41) is 7.97. The quantitative estimate of drug-likeness (QED) is 0.791. The summed E-state index contributed by atoms with van der Waals surface area (Å²) in [5.41, 5.74) is 0.672. The van der Waals surface area contributed by atoms with Gasteiger partial charge in [0.1, 0.15) is 5.75 Å². The number of aryl methyl sites for hydroxylation is 2. The van der Waals surface area contributed by atoms with Gasteiger partial charge in [-0.1, -0.05) is 12.0 Å². The van der Waals surface area contributed by atoms with Crippen molar-refractivity contribution >= 4 is 16.0 Å². The summed E-state index contributed by atoms with van der Waals surface area (Å²) < 4.78 is 38.0. The fourth-order valence-electron chi connectivity index (χ4n) is 2.81. The molecule has 1 aromatic carbocycles.